The molecule has 0 N–H and O–H groups in total. The molecule has 0 radical (unpaired) electrons. The lowest BCUT2D eigenvalue weighted by atomic mass is 9.98. The number of nitrogens with zero attached hydrogens (tertiary/aromatic N) is 1. The van der Waals surface area contributed by atoms with Gasteiger partial charge < -0.3 is 4.74 Å². The molecule has 3 heterocycles. The van der Waals surface area contributed by atoms with E-state index in [2.05, 4.69) is 45.1 Å². The van der Waals surface area contributed by atoms with Gasteiger partial charge in [-0.2, -0.15) is 0 Å². The van der Waals surface area contributed by atoms with Crippen molar-refractivity contribution in [3.63, 3.8) is 0 Å². The van der Waals surface area contributed by atoms with Crippen LogP contribution in [-0.4, -0.2) is 30.2 Å². The summed E-state index contributed by atoms with van der Waals surface area (Å²) in [4.78, 5) is 2.49. The monoisotopic (exact) mass is 267 g/mol. The van der Waals surface area contributed by atoms with Crippen LogP contribution in [0.3, 0.4) is 0 Å². The maximum Gasteiger partial charge on any atom is 0.0731 e. The Balaban J connectivity index is 1.63. The highest BCUT2D eigenvalue weighted by Gasteiger charge is 2.37. The zero-order valence-corrected chi connectivity index (χ0v) is 10.1. The smallest absolute Gasteiger partial charge is 0.0731 e. The molecular weight excluding hydrogens is 254 g/mol. The van der Waals surface area contributed by atoms with Gasteiger partial charge in [0.15, 0.2) is 0 Å². The van der Waals surface area contributed by atoms with Crippen LogP contribution in [0.1, 0.15) is 12.0 Å². The number of morpholine rings is 1. The molecule has 3 saturated heterocycles. The second-order valence-corrected chi connectivity index (χ2v) is 5.35. The first-order valence-corrected chi connectivity index (χ1v) is 6.21. The van der Waals surface area contributed by atoms with Crippen molar-refractivity contribution in [1.29, 1.82) is 0 Å². The largest absolute Gasteiger partial charge is 0.372 e. The van der Waals surface area contributed by atoms with E-state index in [1.54, 1.807) is 0 Å². The van der Waals surface area contributed by atoms with Crippen molar-refractivity contribution in [3.05, 3.63) is 34.3 Å². The average molecular weight is 268 g/mol. The third-order valence-electron chi connectivity index (χ3n) is 3.15. The summed E-state index contributed by atoms with van der Waals surface area (Å²) in [5.74, 6) is 0. The van der Waals surface area contributed by atoms with Crippen LogP contribution in [0.15, 0.2) is 28.7 Å². The highest BCUT2D eigenvalue weighted by molar-refractivity contribution is 9.10. The van der Waals surface area contributed by atoms with Crippen LogP contribution in [0.25, 0.3) is 0 Å². The molecule has 0 spiro atoms. The minimum atomic E-state index is 0.513. The van der Waals surface area contributed by atoms with Gasteiger partial charge in [0.1, 0.15) is 0 Å². The zero-order valence-electron chi connectivity index (χ0n) is 8.53. The van der Waals surface area contributed by atoms with E-state index in [1.807, 2.05) is 0 Å². The molecule has 0 aromatic heterocycles. The average Bonchev–Trinajstić information content (AvgIpc) is 2.21. The molecular formula is C12H14BrNO. The lowest BCUT2D eigenvalue weighted by Crippen LogP contribution is -2.56. The predicted octanol–water partition coefficient (Wildman–Crippen LogP) is 2.42. The molecule has 3 fully saturated rings. The molecule has 2 bridgehead atoms. The van der Waals surface area contributed by atoms with Crippen molar-refractivity contribution in [1.82, 2.24) is 4.90 Å². The van der Waals surface area contributed by atoms with Gasteiger partial charge in [-0.3, -0.25) is 4.90 Å². The summed E-state index contributed by atoms with van der Waals surface area (Å²) in [6, 6.07) is 8.59. The summed E-state index contributed by atoms with van der Waals surface area (Å²) in [6.45, 7) is 3.27. The Morgan fingerprint density at radius 1 is 1.20 bits per heavy atom. The van der Waals surface area contributed by atoms with E-state index in [-0.39, 0.29) is 0 Å². The molecule has 2 nitrogen and oxygen atoms in total. The fraction of sp³-hybridized carbons (Fsp3) is 0.500. The van der Waals surface area contributed by atoms with E-state index < -0.39 is 0 Å². The van der Waals surface area contributed by atoms with Crippen molar-refractivity contribution >= 4 is 15.9 Å². The molecule has 4 rings (SSSR count). The highest BCUT2D eigenvalue weighted by atomic mass is 79.9. The van der Waals surface area contributed by atoms with E-state index in [4.69, 9.17) is 4.74 Å². The van der Waals surface area contributed by atoms with Gasteiger partial charge >= 0.3 is 0 Å². The fourth-order valence-electron chi connectivity index (χ4n) is 2.42. The van der Waals surface area contributed by atoms with Crippen molar-refractivity contribution in [3.8, 4) is 0 Å². The molecule has 3 heteroatoms. The minimum absolute atomic E-state index is 0.513. The summed E-state index contributed by atoms with van der Waals surface area (Å²) in [5, 5.41) is 0. The van der Waals surface area contributed by atoms with Crippen LogP contribution in [-0.2, 0) is 11.3 Å². The second kappa shape index (κ2) is 3.89. The lowest BCUT2D eigenvalue weighted by molar-refractivity contribution is -0.182. The Kier molecular flexibility index (Phi) is 2.54. The topological polar surface area (TPSA) is 12.5 Å². The molecule has 15 heavy (non-hydrogen) atoms. The number of benzene rings is 1. The van der Waals surface area contributed by atoms with Crippen molar-refractivity contribution < 1.29 is 4.74 Å². The standard InChI is InChI=1S/C12H14BrNO/c13-10-3-1-9(2-4-10)6-14-7-11-5-12(8-14)15-11/h1-4,11-12H,5-8H2. The van der Waals surface area contributed by atoms with Gasteiger partial charge in [-0.05, 0) is 17.7 Å². The van der Waals surface area contributed by atoms with Crippen molar-refractivity contribution in [2.75, 3.05) is 13.1 Å². The molecule has 3 aliphatic rings. The molecule has 0 saturated carbocycles. The van der Waals surface area contributed by atoms with Crippen LogP contribution < -0.4 is 0 Å². The van der Waals surface area contributed by atoms with Gasteiger partial charge in [-0.15, -0.1) is 0 Å². The maximum atomic E-state index is 5.61. The van der Waals surface area contributed by atoms with Crippen LogP contribution in [0.2, 0.25) is 0 Å². The van der Waals surface area contributed by atoms with Crippen LogP contribution in [0, 0.1) is 0 Å². The van der Waals surface area contributed by atoms with E-state index in [1.165, 1.54) is 12.0 Å². The summed E-state index contributed by atoms with van der Waals surface area (Å²) < 4.78 is 6.76. The van der Waals surface area contributed by atoms with Crippen LogP contribution in [0.4, 0.5) is 0 Å². The first kappa shape index (κ1) is 9.82. The third kappa shape index (κ3) is 2.10. The fourth-order valence-corrected chi connectivity index (χ4v) is 2.68. The summed E-state index contributed by atoms with van der Waals surface area (Å²) in [5.41, 5.74) is 1.39. The van der Waals surface area contributed by atoms with Crippen LogP contribution in [0.5, 0.6) is 0 Å². The normalized spacial score (nSPS) is 29.9. The maximum absolute atomic E-state index is 5.61. The van der Waals surface area contributed by atoms with E-state index in [9.17, 15) is 0 Å². The van der Waals surface area contributed by atoms with Gasteiger partial charge in [0.25, 0.3) is 0 Å². The van der Waals surface area contributed by atoms with E-state index in [0.717, 1.165) is 24.1 Å². The number of halogens is 1. The molecule has 2 atom stereocenters. The van der Waals surface area contributed by atoms with Gasteiger partial charge in [0, 0.05) is 30.5 Å². The number of rotatable bonds is 2. The SMILES string of the molecule is Brc1ccc(CN2CC3CC(C2)O3)cc1. The summed E-state index contributed by atoms with van der Waals surface area (Å²) in [7, 11) is 0. The predicted molar refractivity (Wildman–Crippen MR) is 62.7 cm³/mol. The quantitative estimate of drug-likeness (QED) is 0.816. The number of fused-ring (bicyclic) bond motifs is 2. The summed E-state index contributed by atoms with van der Waals surface area (Å²) in [6.07, 6.45) is 2.30. The molecule has 80 valence electrons. The van der Waals surface area contributed by atoms with Crippen LogP contribution >= 0.6 is 15.9 Å². The Morgan fingerprint density at radius 3 is 2.40 bits per heavy atom. The zero-order chi connectivity index (χ0) is 10.3. The number of hydrogen-bond donors (Lipinski definition) is 0. The first-order valence-electron chi connectivity index (χ1n) is 5.42. The van der Waals surface area contributed by atoms with Crippen molar-refractivity contribution in [2.45, 2.75) is 25.2 Å². The highest BCUT2D eigenvalue weighted by Crippen LogP contribution is 2.28. The molecule has 0 aliphatic carbocycles. The molecule has 0 amide bonds. The molecule has 3 aliphatic heterocycles. The number of hydrogen-bond acceptors (Lipinski definition) is 2. The van der Waals surface area contributed by atoms with Gasteiger partial charge in [0.05, 0.1) is 12.2 Å². The Morgan fingerprint density at radius 2 is 1.80 bits per heavy atom. The third-order valence-corrected chi connectivity index (χ3v) is 3.68. The summed E-state index contributed by atoms with van der Waals surface area (Å²) >= 11 is 3.45. The van der Waals surface area contributed by atoms with Gasteiger partial charge in [-0.25, -0.2) is 0 Å². The minimum Gasteiger partial charge on any atom is -0.372 e. The Bertz CT molecular complexity index is 335. The van der Waals surface area contributed by atoms with E-state index >= 15 is 0 Å². The van der Waals surface area contributed by atoms with Gasteiger partial charge in [0.2, 0.25) is 0 Å². The second-order valence-electron chi connectivity index (χ2n) is 4.44. The molecule has 1 aromatic carbocycles. The lowest BCUT2D eigenvalue weighted by Gasteiger charge is -2.47. The molecule has 2 unspecified atom stereocenters. The van der Waals surface area contributed by atoms with Gasteiger partial charge in [-0.1, -0.05) is 28.1 Å². The number of ether oxygens (including phenoxy) is 1. The Hall–Kier alpha value is -0.380. The first-order chi connectivity index (χ1) is 7.29. The van der Waals surface area contributed by atoms with E-state index in [0.29, 0.717) is 12.2 Å². The van der Waals surface area contributed by atoms with Crippen molar-refractivity contribution in [2.24, 2.45) is 0 Å². The number of piperidine rings is 1. The Labute approximate surface area is 98.4 Å². The molecule has 1 aromatic rings.